The van der Waals surface area contributed by atoms with Gasteiger partial charge in [0.25, 0.3) is 0 Å². The van der Waals surface area contributed by atoms with Crippen molar-refractivity contribution in [2.24, 2.45) is 11.7 Å². The molecule has 0 amide bonds. The number of nitrogens with one attached hydrogen (secondary N) is 1. The molecule has 20 heavy (non-hydrogen) atoms. The molecule has 2 rings (SSSR count). The summed E-state index contributed by atoms with van der Waals surface area (Å²) in [6.45, 7) is 2.34. The lowest BCUT2D eigenvalue weighted by atomic mass is 10.0. The van der Waals surface area contributed by atoms with E-state index in [2.05, 4.69) is 12.2 Å². The van der Waals surface area contributed by atoms with E-state index in [0.29, 0.717) is 11.0 Å². The zero-order valence-corrected chi connectivity index (χ0v) is 13.1. The van der Waals surface area contributed by atoms with Crippen molar-refractivity contribution < 1.29 is 4.74 Å². The Bertz CT molecular complexity index is 476. The Kier molecular flexibility index (Phi) is 5.24. The SMILES string of the molecule is COc1ccc(C(N)=S)c(NC2CCCC(C)CC2)c1. The zero-order chi connectivity index (χ0) is 14.5. The Morgan fingerprint density at radius 3 is 2.80 bits per heavy atom. The van der Waals surface area contributed by atoms with Crippen molar-refractivity contribution in [1.82, 2.24) is 0 Å². The summed E-state index contributed by atoms with van der Waals surface area (Å²) < 4.78 is 5.30. The highest BCUT2D eigenvalue weighted by Crippen LogP contribution is 2.28. The molecule has 1 aliphatic rings. The average molecular weight is 292 g/mol. The summed E-state index contributed by atoms with van der Waals surface area (Å²) in [5, 5.41) is 3.62. The number of hydrogen-bond acceptors (Lipinski definition) is 3. The van der Waals surface area contributed by atoms with E-state index < -0.39 is 0 Å². The van der Waals surface area contributed by atoms with Crippen LogP contribution < -0.4 is 15.8 Å². The fourth-order valence-electron chi connectivity index (χ4n) is 2.84. The summed E-state index contributed by atoms with van der Waals surface area (Å²) in [5.74, 6) is 1.66. The molecule has 0 saturated heterocycles. The lowest BCUT2D eigenvalue weighted by molar-refractivity contribution is 0.415. The number of hydrogen-bond donors (Lipinski definition) is 2. The Morgan fingerprint density at radius 2 is 2.10 bits per heavy atom. The Morgan fingerprint density at radius 1 is 1.30 bits per heavy atom. The van der Waals surface area contributed by atoms with Crippen molar-refractivity contribution >= 4 is 22.9 Å². The van der Waals surface area contributed by atoms with Gasteiger partial charge in [-0.05, 0) is 37.3 Å². The van der Waals surface area contributed by atoms with E-state index in [4.69, 9.17) is 22.7 Å². The van der Waals surface area contributed by atoms with Gasteiger partial charge < -0.3 is 15.8 Å². The van der Waals surface area contributed by atoms with Crippen LogP contribution in [0.5, 0.6) is 5.75 Å². The van der Waals surface area contributed by atoms with Crippen LogP contribution in [0.3, 0.4) is 0 Å². The molecule has 1 aromatic carbocycles. The molecule has 4 heteroatoms. The molecule has 3 nitrogen and oxygen atoms in total. The number of ether oxygens (including phenoxy) is 1. The van der Waals surface area contributed by atoms with Gasteiger partial charge in [0.05, 0.1) is 7.11 Å². The van der Waals surface area contributed by atoms with Crippen molar-refractivity contribution in [3.05, 3.63) is 23.8 Å². The van der Waals surface area contributed by atoms with E-state index in [-0.39, 0.29) is 0 Å². The van der Waals surface area contributed by atoms with Crippen molar-refractivity contribution in [2.75, 3.05) is 12.4 Å². The molecule has 1 aromatic rings. The summed E-state index contributed by atoms with van der Waals surface area (Å²) >= 11 is 5.14. The van der Waals surface area contributed by atoms with Crippen molar-refractivity contribution in [3.8, 4) is 5.75 Å². The van der Waals surface area contributed by atoms with Gasteiger partial charge in [0, 0.05) is 23.4 Å². The Hall–Kier alpha value is -1.29. The number of rotatable bonds is 4. The second kappa shape index (κ2) is 6.93. The third-order valence-corrected chi connectivity index (χ3v) is 4.33. The highest BCUT2D eigenvalue weighted by atomic mass is 32.1. The van der Waals surface area contributed by atoms with Gasteiger partial charge in [-0.2, -0.15) is 0 Å². The first-order valence-electron chi connectivity index (χ1n) is 7.34. The normalized spacial score (nSPS) is 22.9. The van der Waals surface area contributed by atoms with E-state index >= 15 is 0 Å². The minimum Gasteiger partial charge on any atom is -0.497 e. The fourth-order valence-corrected chi connectivity index (χ4v) is 3.01. The first-order chi connectivity index (χ1) is 9.60. The maximum absolute atomic E-state index is 5.81. The van der Waals surface area contributed by atoms with Crippen LogP contribution in [0.1, 0.15) is 44.6 Å². The molecule has 0 aliphatic heterocycles. The first-order valence-corrected chi connectivity index (χ1v) is 7.75. The van der Waals surface area contributed by atoms with E-state index in [1.807, 2.05) is 18.2 Å². The van der Waals surface area contributed by atoms with Crippen LogP contribution in [0.4, 0.5) is 5.69 Å². The Labute approximate surface area is 126 Å². The van der Waals surface area contributed by atoms with Gasteiger partial charge >= 0.3 is 0 Å². The molecule has 0 radical (unpaired) electrons. The van der Waals surface area contributed by atoms with Gasteiger partial charge in [0.15, 0.2) is 0 Å². The maximum atomic E-state index is 5.81. The molecule has 1 fully saturated rings. The lowest BCUT2D eigenvalue weighted by Gasteiger charge is -2.20. The monoisotopic (exact) mass is 292 g/mol. The number of thiocarbonyl (C=S) groups is 1. The van der Waals surface area contributed by atoms with E-state index in [9.17, 15) is 0 Å². The molecule has 110 valence electrons. The molecule has 0 bridgehead atoms. The summed E-state index contributed by atoms with van der Waals surface area (Å²) in [5.41, 5.74) is 7.71. The maximum Gasteiger partial charge on any atom is 0.120 e. The topological polar surface area (TPSA) is 47.3 Å². The van der Waals surface area contributed by atoms with Gasteiger partial charge in [-0.1, -0.05) is 32.0 Å². The van der Waals surface area contributed by atoms with Crippen LogP contribution in [-0.2, 0) is 0 Å². The number of methoxy groups -OCH3 is 1. The van der Waals surface area contributed by atoms with Gasteiger partial charge in [-0.3, -0.25) is 0 Å². The number of nitrogens with two attached hydrogens (primary N) is 1. The zero-order valence-electron chi connectivity index (χ0n) is 12.3. The molecule has 0 heterocycles. The summed E-state index contributed by atoms with van der Waals surface area (Å²) in [6, 6.07) is 6.32. The standard InChI is InChI=1S/C16H24N2OS/c1-11-4-3-5-12(7-6-11)18-15-10-13(19-2)8-9-14(15)16(17)20/h8-12,18H,3-7H2,1-2H3,(H2,17,20). The van der Waals surface area contributed by atoms with E-state index in [1.54, 1.807) is 7.11 Å². The average Bonchev–Trinajstić information content (AvgIpc) is 2.63. The van der Waals surface area contributed by atoms with Gasteiger partial charge in [0.1, 0.15) is 10.7 Å². The predicted molar refractivity (Wildman–Crippen MR) is 88.5 cm³/mol. The van der Waals surface area contributed by atoms with Crippen molar-refractivity contribution in [1.29, 1.82) is 0 Å². The van der Waals surface area contributed by atoms with Crippen LogP contribution in [-0.4, -0.2) is 18.1 Å². The van der Waals surface area contributed by atoms with Crippen molar-refractivity contribution in [2.45, 2.75) is 45.1 Å². The number of benzene rings is 1. The van der Waals surface area contributed by atoms with Crippen molar-refractivity contribution in [3.63, 3.8) is 0 Å². The smallest absolute Gasteiger partial charge is 0.120 e. The summed E-state index contributed by atoms with van der Waals surface area (Å²) in [6.07, 6.45) is 6.31. The van der Waals surface area contributed by atoms with Gasteiger partial charge in [-0.15, -0.1) is 0 Å². The predicted octanol–water partition coefficient (Wildman–Crippen LogP) is 3.71. The minimum absolute atomic E-state index is 0.428. The molecule has 2 unspecified atom stereocenters. The molecule has 3 N–H and O–H groups in total. The minimum atomic E-state index is 0.428. The van der Waals surface area contributed by atoms with E-state index in [1.165, 1.54) is 32.1 Å². The molecule has 1 saturated carbocycles. The quantitative estimate of drug-likeness (QED) is 0.656. The third kappa shape index (κ3) is 3.85. The van der Waals surface area contributed by atoms with Gasteiger partial charge in [0.2, 0.25) is 0 Å². The first kappa shape index (κ1) is 15.1. The second-order valence-corrected chi connectivity index (χ2v) is 6.17. The van der Waals surface area contributed by atoms with Crippen LogP contribution in [0.2, 0.25) is 0 Å². The highest BCUT2D eigenvalue weighted by Gasteiger charge is 2.17. The molecular weight excluding hydrogens is 268 g/mol. The molecule has 0 aromatic heterocycles. The van der Waals surface area contributed by atoms with Crippen LogP contribution in [0.15, 0.2) is 18.2 Å². The molecule has 1 aliphatic carbocycles. The third-order valence-electron chi connectivity index (χ3n) is 4.11. The van der Waals surface area contributed by atoms with Crippen LogP contribution in [0.25, 0.3) is 0 Å². The van der Waals surface area contributed by atoms with E-state index in [0.717, 1.165) is 22.9 Å². The summed E-state index contributed by atoms with van der Waals surface area (Å²) in [7, 11) is 1.67. The molecule has 0 spiro atoms. The second-order valence-electron chi connectivity index (χ2n) is 5.73. The Balaban J connectivity index is 2.16. The largest absolute Gasteiger partial charge is 0.497 e. The van der Waals surface area contributed by atoms with Gasteiger partial charge in [-0.25, -0.2) is 0 Å². The molecular formula is C16H24N2OS. The van der Waals surface area contributed by atoms with Crippen LogP contribution in [0, 0.1) is 5.92 Å². The highest BCUT2D eigenvalue weighted by molar-refractivity contribution is 7.80. The molecule has 2 atom stereocenters. The fraction of sp³-hybridized carbons (Fsp3) is 0.562. The number of anilines is 1. The summed E-state index contributed by atoms with van der Waals surface area (Å²) in [4.78, 5) is 0.428. The van der Waals surface area contributed by atoms with Crippen LogP contribution >= 0.6 is 12.2 Å². The lowest BCUT2D eigenvalue weighted by Crippen LogP contribution is -2.21.